The monoisotopic (exact) mass is 270 g/mol. The lowest BCUT2D eigenvalue weighted by Crippen LogP contribution is -2.11. The fraction of sp³-hybridized carbons (Fsp3) is 0.188. The highest BCUT2D eigenvalue weighted by Gasteiger charge is 1.96. The molecule has 0 fully saturated rings. The number of hydrazone groups is 1. The smallest absolute Gasteiger partial charge is 0.120 e. The number of aliphatic hydroxyl groups is 1. The van der Waals surface area contributed by atoms with Gasteiger partial charge in [-0.05, 0) is 23.3 Å². The van der Waals surface area contributed by atoms with E-state index in [-0.39, 0.29) is 6.61 Å². The Morgan fingerprint density at radius 2 is 1.95 bits per heavy atom. The molecule has 20 heavy (non-hydrogen) atoms. The molecule has 2 rings (SSSR count). The van der Waals surface area contributed by atoms with Crippen molar-refractivity contribution in [1.82, 2.24) is 5.43 Å². The molecule has 2 N–H and O–H groups in total. The Balaban J connectivity index is 1.90. The first-order valence-corrected chi connectivity index (χ1v) is 6.52. The summed E-state index contributed by atoms with van der Waals surface area (Å²) in [4.78, 5) is 0. The van der Waals surface area contributed by atoms with Crippen LogP contribution in [0.15, 0.2) is 59.7 Å². The molecular weight excluding hydrogens is 252 g/mol. The molecule has 2 aromatic rings. The van der Waals surface area contributed by atoms with E-state index in [2.05, 4.69) is 10.5 Å². The maximum absolute atomic E-state index is 8.63. The first-order chi connectivity index (χ1) is 9.88. The van der Waals surface area contributed by atoms with Crippen molar-refractivity contribution >= 4 is 6.21 Å². The average molecular weight is 270 g/mol. The molecule has 0 saturated carbocycles. The Hall–Kier alpha value is -2.33. The first-order valence-electron chi connectivity index (χ1n) is 6.52. The second kappa shape index (κ2) is 7.96. The zero-order valence-corrected chi connectivity index (χ0v) is 11.2. The van der Waals surface area contributed by atoms with Crippen molar-refractivity contribution in [3.05, 3.63) is 65.7 Å². The predicted octanol–water partition coefficient (Wildman–Crippen LogP) is 2.18. The van der Waals surface area contributed by atoms with Gasteiger partial charge in [-0.15, -0.1) is 0 Å². The van der Waals surface area contributed by atoms with E-state index in [1.54, 1.807) is 6.21 Å². The van der Waals surface area contributed by atoms with E-state index in [0.717, 1.165) is 16.9 Å². The minimum absolute atomic E-state index is 0.0670. The summed E-state index contributed by atoms with van der Waals surface area (Å²) < 4.78 is 5.74. The van der Waals surface area contributed by atoms with Crippen LogP contribution in [0.3, 0.4) is 0 Å². The number of rotatable bonds is 7. The van der Waals surface area contributed by atoms with Crippen molar-refractivity contribution in [3.63, 3.8) is 0 Å². The van der Waals surface area contributed by atoms with Crippen LogP contribution < -0.4 is 10.2 Å². The van der Waals surface area contributed by atoms with Gasteiger partial charge in [0.1, 0.15) is 12.4 Å². The van der Waals surface area contributed by atoms with Gasteiger partial charge in [-0.3, -0.25) is 0 Å². The van der Waals surface area contributed by atoms with Crippen LogP contribution in [0.1, 0.15) is 11.1 Å². The van der Waals surface area contributed by atoms with Gasteiger partial charge in [-0.2, -0.15) is 5.10 Å². The van der Waals surface area contributed by atoms with Gasteiger partial charge in [-0.1, -0.05) is 42.5 Å². The maximum Gasteiger partial charge on any atom is 0.120 e. The number of ether oxygens (including phenoxy) is 1. The molecular formula is C16H18N2O2. The fourth-order valence-corrected chi connectivity index (χ4v) is 1.66. The molecule has 0 bridgehead atoms. The van der Waals surface area contributed by atoms with Gasteiger partial charge in [0.2, 0.25) is 0 Å². The summed E-state index contributed by atoms with van der Waals surface area (Å²) >= 11 is 0. The summed E-state index contributed by atoms with van der Waals surface area (Å²) in [5.41, 5.74) is 4.82. The van der Waals surface area contributed by atoms with Crippen LogP contribution in [-0.4, -0.2) is 24.5 Å². The Labute approximate surface area is 118 Å². The standard InChI is InChI=1S/C16H18N2O2/c19-10-9-17-18-12-15-7-4-8-16(11-15)20-13-14-5-2-1-3-6-14/h1-8,11-12,17,19H,9-10,13H2. The van der Waals surface area contributed by atoms with Crippen molar-refractivity contribution < 1.29 is 9.84 Å². The normalized spacial score (nSPS) is 10.7. The Kier molecular flexibility index (Phi) is 5.61. The Morgan fingerprint density at radius 1 is 1.10 bits per heavy atom. The summed E-state index contributed by atoms with van der Waals surface area (Å²) in [6, 6.07) is 17.7. The fourth-order valence-electron chi connectivity index (χ4n) is 1.66. The third-order valence-electron chi connectivity index (χ3n) is 2.63. The largest absolute Gasteiger partial charge is 0.489 e. The third-order valence-corrected chi connectivity index (χ3v) is 2.63. The van der Waals surface area contributed by atoms with Crippen molar-refractivity contribution in [3.8, 4) is 5.75 Å². The molecule has 0 amide bonds. The average Bonchev–Trinajstić information content (AvgIpc) is 2.51. The quantitative estimate of drug-likeness (QED) is 0.460. The number of nitrogens with one attached hydrogen (secondary N) is 1. The van der Waals surface area contributed by atoms with Gasteiger partial charge < -0.3 is 15.3 Å². The predicted molar refractivity (Wildman–Crippen MR) is 79.9 cm³/mol. The highest BCUT2D eigenvalue weighted by atomic mass is 16.5. The van der Waals surface area contributed by atoms with Crippen LogP contribution in [0.5, 0.6) is 5.75 Å². The molecule has 0 aromatic heterocycles. The van der Waals surface area contributed by atoms with Gasteiger partial charge in [0.25, 0.3) is 0 Å². The summed E-state index contributed by atoms with van der Waals surface area (Å²) in [5, 5.41) is 12.6. The van der Waals surface area contributed by atoms with Crippen LogP contribution in [0.4, 0.5) is 0 Å². The van der Waals surface area contributed by atoms with Gasteiger partial charge in [0.05, 0.1) is 19.4 Å². The number of hydrogen-bond acceptors (Lipinski definition) is 4. The molecule has 0 unspecified atom stereocenters. The second-order valence-electron chi connectivity index (χ2n) is 4.24. The van der Waals surface area contributed by atoms with E-state index in [1.807, 2.05) is 54.6 Å². The topological polar surface area (TPSA) is 53.8 Å². The van der Waals surface area contributed by atoms with E-state index in [4.69, 9.17) is 9.84 Å². The first kappa shape index (κ1) is 14.1. The lowest BCUT2D eigenvalue weighted by molar-refractivity contribution is 0.293. The zero-order valence-electron chi connectivity index (χ0n) is 11.2. The van der Waals surface area contributed by atoms with Crippen LogP contribution in [0, 0.1) is 0 Å². The summed E-state index contributed by atoms with van der Waals surface area (Å²) in [5.74, 6) is 0.806. The lowest BCUT2D eigenvalue weighted by atomic mass is 10.2. The minimum atomic E-state index is 0.0670. The van der Waals surface area contributed by atoms with E-state index in [0.29, 0.717) is 13.2 Å². The number of nitrogens with zero attached hydrogens (tertiary/aromatic N) is 1. The molecule has 0 radical (unpaired) electrons. The van der Waals surface area contributed by atoms with Crippen LogP contribution in [-0.2, 0) is 6.61 Å². The van der Waals surface area contributed by atoms with E-state index in [9.17, 15) is 0 Å². The molecule has 0 aliphatic carbocycles. The SMILES string of the molecule is OCCNN=Cc1cccc(OCc2ccccc2)c1. The van der Waals surface area contributed by atoms with Crippen LogP contribution in [0.25, 0.3) is 0 Å². The Bertz CT molecular complexity index is 541. The zero-order chi connectivity index (χ0) is 14.0. The number of benzene rings is 2. The van der Waals surface area contributed by atoms with Crippen molar-refractivity contribution in [2.45, 2.75) is 6.61 Å². The molecule has 0 aliphatic heterocycles. The molecule has 0 saturated heterocycles. The highest BCUT2D eigenvalue weighted by Crippen LogP contribution is 2.14. The van der Waals surface area contributed by atoms with E-state index < -0.39 is 0 Å². The summed E-state index contributed by atoms with van der Waals surface area (Å²) in [6.07, 6.45) is 1.70. The lowest BCUT2D eigenvalue weighted by Gasteiger charge is -2.06. The number of aliphatic hydroxyl groups excluding tert-OH is 1. The van der Waals surface area contributed by atoms with E-state index in [1.165, 1.54) is 0 Å². The Morgan fingerprint density at radius 3 is 2.75 bits per heavy atom. The second-order valence-corrected chi connectivity index (χ2v) is 4.24. The van der Waals surface area contributed by atoms with Crippen molar-refractivity contribution in [1.29, 1.82) is 0 Å². The third kappa shape index (κ3) is 4.74. The molecule has 4 heteroatoms. The van der Waals surface area contributed by atoms with Crippen LogP contribution in [0.2, 0.25) is 0 Å². The summed E-state index contributed by atoms with van der Waals surface area (Å²) in [6.45, 7) is 1.06. The molecule has 0 atom stereocenters. The van der Waals surface area contributed by atoms with Gasteiger partial charge in [0.15, 0.2) is 0 Å². The molecule has 104 valence electrons. The molecule has 4 nitrogen and oxygen atoms in total. The maximum atomic E-state index is 8.63. The van der Waals surface area contributed by atoms with Gasteiger partial charge in [0, 0.05) is 0 Å². The van der Waals surface area contributed by atoms with E-state index >= 15 is 0 Å². The molecule has 0 aliphatic rings. The van der Waals surface area contributed by atoms with Crippen molar-refractivity contribution in [2.75, 3.05) is 13.2 Å². The minimum Gasteiger partial charge on any atom is -0.489 e. The molecule has 2 aromatic carbocycles. The molecule has 0 heterocycles. The van der Waals surface area contributed by atoms with Crippen molar-refractivity contribution in [2.24, 2.45) is 5.10 Å². The van der Waals surface area contributed by atoms with Gasteiger partial charge in [-0.25, -0.2) is 0 Å². The summed E-state index contributed by atoms with van der Waals surface area (Å²) in [7, 11) is 0. The molecule has 0 spiro atoms. The van der Waals surface area contributed by atoms with Crippen LogP contribution >= 0.6 is 0 Å². The van der Waals surface area contributed by atoms with Gasteiger partial charge >= 0.3 is 0 Å². The number of hydrogen-bond donors (Lipinski definition) is 2. The highest BCUT2D eigenvalue weighted by molar-refractivity contribution is 5.79.